The molecular formula is C20H17N3OS. The first-order valence-electron chi connectivity index (χ1n) is 8.58. The summed E-state index contributed by atoms with van der Waals surface area (Å²) < 4.78 is 6.24. The van der Waals surface area contributed by atoms with E-state index in [2.05, 4.69) is 15.0 Å². The molecule has 1 aliphatic rings. The zero-order valence-electron chi connectivity index (χ0n) is 14.0. The second-order valence-electron chi connectivity index (χ2n) is 6.45. The summed E-state index contributed by atoms with van der Waals surface area (Å²) >= 11 is 1.80. The lowest BCUT2D eigenvalue weighted by molar-refractivity contribution is 0.467. The van der Waals surface area contributed by atoms with Crippen LogP contribution in [0.3, 0.4) is 0 Å². The molecule has 124 valence electrons. The minimum absolute atomic E-state index is 0.690. The number of hydrogen-bond donors (Lipinski definition) is 0. The Morgan fingerprint density at radius 3 is 2.92 bits per heavy atom. The van der Waals surface area contributed by atoms with Crippen molar-refractivity contribution >= 4 is 32.3 Å². The number of aryl methyl sites for hydroxylation is 3. The van der Waals surface area contributed by atoms with E-state index in [1.54, 1.807) is 17.5 Å². The van der Waals surface area contributed by atoms with E-state index < -0.39 is 0 Å². The molecule has 0 unspecified atom stereocenters. The quantitative estimate of drug-likeness (QED) is 0.499. The molecule has 5 rings (SSSR count). The maximum atomic E-state index is 6.24. The van der Waals surface area contributed by atoms with Gasteiger partial charge in [-0.15, -0.1) is 11.3 Å². The highest BCUT2D eigenvalue weighted by molar-refractivity contribution is 7.18. The molecule has 25 heavy (non-hydrogen) atoms. The standard InChI is InChI=1S/C20H17N3OS/c1-12-22-19(18-16-4-2-3-5-17(16)25-20(18)23-12)24-15-7-6-14-11-21-9-8-13(14)10-15/h6-11H,2-5H2,1H3. The van der Waals surface area contributed by atoms with E-state index in [0.717, 1.165) is 45.4 Å². The summed E-state index contributed by atoms with van der Waals surface area (Å²) in [6.45, 7) is 1.93. The monoisotopic (exact) mass is 347 g/mol. The van der Waals surface area contributed by atoms with E-state index in [1.807, 2.05) is 37.4 Å². The van der Waals surface area contributed by atoms with E-state index in [4.69, 9.17) is 4.74 Å². The van der Waals surface area contributed by atoms with Gasteiger partial charge in [-0.25, -0.2) is 4.98 Å². The summed E-state index contributed by atoms with van der Waals surface area (Å²) in [5.74, 6) is 2.25. The Morgan fingerprint density at radius 2 is 1.96 bits per heavy atom. The summed E-state index contributed by atoms with van der Waals surface area (Å²) in [6, 6.07) is 8.05. The van der Waals surface area contributed by atoms with Crippen molar-refractivity contribution in [3.05, 3.63) is 52.9 Å². The fourth-order valence-corrected chi connectivity index (χ4v) is 4.83. The molecule has 1 aliphatic carbocycles. The Morgan fingerprint density at radius 1 is 1.04 bits per heavy atom. The summed E-state index contributed by atoms with van der Waals surface area (Å²) in [4.78, 5) is 15.9. The molecule has 0 amide bonds. The van der Waals surface area contributed by atoms with Crippen molar-refractivity contribution in [2.45, 2.75) is 32.6 Å². The molecule has 4 nitrogen and oxygen atoms in total. The Labute approximate surface area is 149 Å². The normalized spacial score (nSPS) is 14.0. The van der Waals surface area contributed by atoms with Crippen molar-refractivity contribution in [1.29, 1.82) is 0 Å². The van der Waals surface area contributed by atoms with Gasteiger partial charge >= 0.3 is 0 Å². The van der Waals surface area contributed by atoms with Crippen molar-refractivity contribution in [2.24, 2.45) is 0 Å². The maximum Gasteiger partial charge on any atom is 0.231 e. The molecule has 0 fully saturated rings. The summed E-state index contributed by atoms with van der Waals surface area (Å²) in [5.41, 5.74) is 1.39. The molecule has 0 spiro atoms. The molecule has 0 aliphatic heterocycles. The number of hydrogen-bond acceptors (Lipinski definition) is 5. The van der Waals surface area contributed by atoms with Crippen LogP contribution in [0.4, 0.5) is 0 Å². The van der Waals surface area contributed by atoms with Gasteiger partial charge in [-0.3, -0.25) is 4.98 Å². The molecule has 3 heterocycles. The van der Waals surface area contributed by atoms with Gasteiger partial charge in [-0.05, 0) is 67.8 Å². The molecule has 4 aromatic rings. The third kappa shape index (κ3) is 2.55. The number of ether oxygens (including phenoxy) is 1. The van der Waals surface area contributed by atoms with Gasteiger partial charge in [0.1, 0.15) is 16.4 Å². The van der Waals surface area contributed by atoms with Crippen molar-refractivity contribution in [2.75, 3.05) is 0 Å². The van der Waals surface area contributed by atoms with E-state index >= 15 is 0 Å². The topological polar surface area (TPSA) is 47.9 Å². The molecule has 1 aromatic carbocycles. The van der Waals surface area contributed by atoms with Crippen LogP contribution in [0.2, 0.25) is 0 Å². The SMILES string of the molecule is Cc1nc(Oc2ccc3cnccc3c2)c2c3c(sc2n1)CCCC3. The van der Waals surface area contributed by atoms with Crippen LogP contribution in [-0.2, 0) is 12.8 Å². The fourth-order valence-electron chi connectivity index (χ4n) is 3.54. The average Bonchev–Trinajstić information content (AvgIpc) is 2.99. The molecule has 0 saturated carbocycles. The predicted octanol–water partition coefficient (Wildman–Crippen LogP) is 5.22. The fraction of sp³-hybridized carbons (Fsp3) is 0.250. The van der Waals surface area contributed by atoms with Gasteiger partial charge < -0.3 is 4.74 Å². The van der Waals surface area contributed by atoms with Crippen LogP contribution < -0.4 is 4.74 Å². The first-order valence-corrected chi connectivity index (χ1v) is 9.40. The van der Waals surface area contributed by atoms with Gasteiger partial charge in [0, 0.05) is 22.7 Å². The first kappa shape index (κ1) is 14.8. The van der Waals surface area contributed by atoms with E-state index in [9.17, 15) is 0 Å². The van der Waals surface area contributed by atoms with Crippen molar-refractivity contribution in [3.8, 4) is 11.6 Å². The summed E-state index contributed by atoms with van der Waals surface area (Å²) in [7, 11) is 0. The molecule has 0 radical (unpaired) electrons. The van der Waals surface area contributed by atoms with Gasteiger partial charge in [0.25, 0.3) is 0 Å². The van der Waals surface area contributed by atoms with Gasteiger partial charge in [0.05, 0.1) is 5.39 Å². The van der Waals surface area contributed by atoms with Crippen LogP contribution in [0.5, 0.6) is 11.6 Å². The van der Waals surface area contributed by atoms with Crippen molar-refractivity contribution < 1.29 is 4.74 Å². The van der Waals surface area contributed by atoms with Gasteiger partial charge in [0.15, 0.2) is 0 Å². The third-order valence-corrected chi connectivity index (χ3v) is 5.91. The highest BCUT2D eigenvalue weighted by atomic mass is 32.1. The smallest absolute Gasteiger partial charge is 0.231 e. The summed E-state index contributed by atoms with van der Waals surface area (Å²) in [6.07, 6.45) is 8.41. The van der Waals surface area contributed by atoms with Crippen LogP contribution in [-0.4, -0.2) is 15.0 Å². The average molecular weight is 347 g/mol. The van der Waals surface area contributed by atoms with Crippen LogP contribution in [0.15, 0.2) is 36.7 Å². The third-order valence-electron chi connectivity index (χ3n) is 4.72. The first-order chi connectivity index (χ1) is 12.3. The van der Waals surface area contributed by atoms with Crippen molar-refractivity contribution in [1.82, 2.24) is 15.0 Å². The highest BCUT2D eigenvalue weighted by Crippen LogP contribution is 2.40. The second-order valence-corrected chi connectivity index (χ2v) is 7.54. The zero-order valence-corrected chi connectivity index (χ0v) is 14.8. The molecule has 5 heteroatoms. The van der Waals surface area contributed by atoms with E-state index in [0.29, 0.717) is 5.88 Å². The molecule has 0 bridgehead atoms. The minimum Gasteiger partial charge on any atom is -0.438 e. The lowest BCUT2D eigenvalue weighted by atomic mass is 9.97. The van der Waals surface area contributed by atoms with Crippen LogP contribution in [0.1, 0.15) is 29.1 Å². The number of rotatable bonds is 2. The Bertz CT molecular complexity index is 1100. The molecule has 0 atom stereocenters. The minimum atomic E-state index is 0.690. The highest BCUT2D eigenvalue weighted by Gasteiger charge is 2.21. The lowest BCUT2D eigenvalue weighted by Gasteiger charge is -2.12. The van der Waals surface area contributed by atoms with Gasteiger partial charge in [-0.2, -0.15) is 4.98 Å². The molecule has 0 N–H and O–H groups in total. The van der Waals surface area contributed by atoms with Gasteiger partial charge in [0.2, 0.25) is 5.88 Å². The van der Waals surface area contributed by atoms with E-state index in [1.165, 1.54) is 23.3 Å². The van der Waals surface area contributed by atoms with E-state index in [-0.39, 0.29) is 0 Å². The predicted molar refractivity (Wildman–Crippen MR) is 101 cm³/mol. The zero-order chi connectivity index (χ0) is 16.8. The van der Waals surface area contributed by atoms with Crippen molar-refractivity contribution in [3.63, 3.8) is 0 Å². The largest absolute Gasteiger partial charge is 0.438 e. The number of nitrogens with zero attached hydrogens (tertiary/aromatic N) is 3. The number of thiophene rings is 1. The Hall–Kier alpha value is -2.53. The number of aromatic nitrogens is 3. The number of benzene rings is 1. The molecule has 3 aromatic heterocycles. The van der Waals surface area contributed by atoms with Crippen LogP contribution in [0, 0.1) is 6.92 Å². The Balaban J connectivity index is 1.64. The molecule has 0 saturated heterocycles. The number of pyridine rings is 1. The van der Waals surface area contributed by atoms with Gasteiger partial charge in [-0.1, -0.05) is 0 Å². The maximum absolute atomic E-state index is 6.24. The lowest BCUT2D eigenvalue weighted by Crippen LogP contribution is -2.00. The van der Waals surface area contributed by atoms with Crippen LogP contribution in [0.25, 0.3) is 21.0 Å². The van der Waals surface area contributed by atoms with Crippen LogP contribution >= 0.6 is 11.3 Å². The number of fused-ring (bicyclic) bond motifs is 4. The molecular weight excluding hydrogens is 330 g/mol. The summed E-state index contributed by atoms with van der Waals surface area (Å²) in [5, 5.41) is 3.33. The Kier molecular flexibility index (Phi) is 3.41. The second kappa shape index (κ2) is 5.77.